The van der Waals surface area contributed by atoms with Gasteiger partial charge in [-0.1, -0.05) is 64.8 Å². The van der Waals surface area contributed by atoms with Crippen molar-refractivity contribution in [3.05, 3.63) is 70.2 Å². The first-order valence-corrected chi connectivity index (χ1v) is 10.3. The highest BCUT2D eigenvalue weighted by atomic mass is 35.5. The predicted molar refractivity (Wildman–Crippen MR) is 116 cm³/mol. The largest absolute Gasteiger partial charge is 0.324 e. The molecule has 0 aliphatic carbocycles. The lowest BCUT2D eigenvalue weighted by molar-refractivity contribution is -0.113. The van der Waals surface area contributed by atoms with Gasteiger partial charge in [-0.25, -0.2) is 0 Å². The number of amides is 1. The number of allylic oxidation sites excluding steroid dienone is 1. The Kier molecular flexibility index (Phi) is 7.02. The van der Waals surface area contributed by atoms with Crippen molar-refractivity contribution in [2.75, 3.05) is 11.1 Å². The Labute approximate surface area is 181 Å². The molecule has 1 amide bonds. The molecule has 0 aliphatic rings. The molecule has 0 bridgehead atoms. The molecule has 0 spiro atoms. The van der Waals surface area contributed by atoms with Gasteiger partial charge in [-0.05, 0) is 30.3 Å². The average Bonchev–Trinajstić information content (AvgIpc) is 3.06. The van der Waals surface area contributed by atoms with Gasteiger partial charge >= 0.3 is 0 Å². The topological polar surface area (TPSA) is 59.8 Å². The lowest BCUT2D eigenvalue weighted by atomic mass is 10.2. The zero-order chi connectivity index (χ0) is 20.1. The van der Waals surface area contributed by atoms with Crippen molar-refractivity contribution >= 4 is 58.2 Å². The maximum absolute atomic E-state index is 12.3. The van der Waals surface area contributed by atoms with Crippen LogP contribution in [0.2, 0.25) is 15.1 Å². The lowest BCUT2D eigenvalue weighted by Crippen LogP contribution is -2.15. The molecule has 5 nitrogen and oxygen atoms in total. The predicted octanol–water partition coefficient (Wildman–Crippen LogP) is 5.82. The van der Waals surface area contributed by atoms with Crippen LogP contribution >= 0.6 is 46.6 Å². The number of halogens is 3. The summed E-state index contributed by atoms with van der Waals surface area (Å²) in [5, 5.41) is 13.3. The van der Waals surface area contributed by atoms with Gasteiger partial charge in [0, 0.05) is 17.1 Å². The number of carbonyl (C=O) groups excluding carboxylic acids is 1. The third-order valence-electron chi connectivity index (χ3n) is 3.68. The van der Waals surface area contributed by atoms with Gasteiger partial charge in [0.15, 0.2) is 11.0 Å². The van der Waals surface area contributed by atoms with Crippen LogP contribution in [0, 0.1) is 0 Å². The summed E-state index contributed by atoms with van der Waals surface area (Å²) < 4.78 is 1.86. The molecule has 0 radical (unpaired) electrons. The van der Waals surface area contributed by atoms with Crippen molar-refractivity contribution < 1.29 is 4.79 Å². The average molecular weight is 454 g/mol. The SMILES string of the molecule is C=CCn1c(SCC(=O)Nc2cc(Cl)ccc2Cl)nnc1-c1ccccc1Cl. The molecule has 0 fully saturated rings. The van der Waals surface area contributed by atoms with Gasteiger partial charge in [-0.2, -0.15) is 0 Å². The smallest absolute Gasteiger partial charge is 0.234 e. The summed E-state index contributed by atoms with van der Waals surface area (Å²) >= 11 is 19.6. The first-order valence-electron chi connectivity index (χ1n) is 8.16. The number of hydrogen-bond donors (Lipinski definition) is 1. The molecule has 3 rings (SSSR count). The molecular formula is C19H15Cl3N4OS. The second kappa shape index (κ2) is 9.47. The highest BCUT2D eigenvalue weighted by molar-refractivity contribution is 7.99. The van der Waals surface area contributed by atoms with E-state index in [1.807, 2.05) is 22.8 Å². The number of anilines is 1. The van der Waals surface area contributed by atoms with Gasteiger partial charge in [0.05, 0.1) is 21.5 Å². The highest BCUT2D eigenvalue weighted by Gasteiger charge is 2.17. The fourth-order valence-corrected chi connectivity index (χ4v) is 3.75. The standard InChI is InChI=1S/C19H15Cl3N4OS/c1-2-9-26-18(13-5-3-4-6-14(13)21)24-25-19(26)28-11-17(27)23-16-10-12(20)7-8-15(16)22/h2-8,10H,1,9,11H2,(H,23,27). The zero-order valence-electron chi connectivity index (χ0n) is 14.5. The maximum atomic E-state index is 12.3. The normalized spacial score (nSPS) is 10.7. The summed E-state index contributed by atoms with van der Waals surface area (Å²) in [6, 6.07) is 12.3. The van der Waals surface area contributed by atoms with E-state index in [0.29, 0.717) is 38.3 Å². The molecule has 3 aromatic rings. The lowest BCUT2D eigenvalue weighted by Gasteiger charge is -2.09. The molecule has 0 atom stereocenters. The van der Waals surface area contributed by atoms with Crippen LogP contribution in [0.3, 0.4) is 0 Å². The summed E-state index contributed by atoms with van der Waals surface area (Å²) in [5.74, 6) is 0.508. The van der Waals surface area contributed by atoms with Gasteiger partial charge < -0.3 is 5.32 Å². The quantitative estimate of drug-likeness (QED) is 0.361. The van der Waals surface area contributed by atoms with Crippen LogP contribution in [0.5, 0.6) is 0 Å². The number of nitrogens with zero attached hydrogens (tertiary/aromatic N) is 3. The fourth-order valence-electron chi connectivity index (χ4n) is 2.44. The van der Waals surface area contributed by atoms with Crippen LogP contribution in [-0.4, -0.2) is 26.4 Å². The van der Waals surface area contributed by atoms with E-state index in [4.69, 9.17) is 34.8 Å². The Morgan fingerprint density at radius 1 is 1.14 bits per heavy atom. The molecule has 1 aromatic heterocycles. The molecule has 2 aromatic carbocycles. The summed E-state index contributed by atoms with van der Waals surface area (Å²) in [4.78, 5) is 12.3. The van der Waals surface area contributed by atoms with Gasteiger partial charge in [-0.15, -0.1) is 16.8 Å². The minimum atomic E-state index is -0.235. The monoisotopic (exact) mass is 452 g/mol. The number of benzene rings is 2. The minimum Gasteiger partial charge on any atom is -0.324 e. The van der Waals surface area contributed by atoms with Crippen molar-refractivity contribution in [3.63, 3.8) is 0 Å². The summed E-state index contributed by atoms with van der Waals surface area (Å²) in [7, 11) is 0. The van der Waals surface area contributed by atoms with E-state index in [-0.39, 0.29) is 11.7 Å². The maximum Gasteiger partial charge on any atom is 0.234 e. The molecule has 1 N–H and O–H groups in total. The molecule has 1 heterocycles. The van der Waals surface area contributed by atoms with E-state index in [2.05, 4.69) is 22.1 Å². The molecule has 28 heavy (non-hydrogen) atoms. The van der Waals surface area contributed by atoms with E-state index in [9.17, 15) is 4.79 Å². The van der Waals surface area contributed by atoms with E-state index in [1.54, 1.807) is 30.3 Å². The molecule has 144 valence electrons. The van der Waals surface area contributed by atoms with E-state index < -0.39 is 0 Å². The molecule has 0 aliphatic heterocycles. The molecular weight excluding hydrogens is 439 g/mol. The molecule has 9 heteroatoms. The number of rotatable bonds is 7. The van der Waals surface area contributed by atoms with Gasteiger partial charge in [0.25, 0.3) is 0 Å². The Hall–Kier alpha value is -1.99. The number of carbonyl (C=O) groups is 1. The molecule has 0 saturated carbocycles. The van der Waals surface area contributed by atoms with Crippen LogP contribution in [0.15, 0.2) is 60.3 Å². The van der Waals surface area contributed by atoms with Crippen LogP contribution in [0.25, 0.3) is 11.4 Å². The fraction of sp³-hybridized carbons (Fsp3) is 0.105. The Morgan fingerprint density at radius 2 is 1.93 bits per heavy atom. The highest BCUT2D eigenvalue weighted by Crippen LogP contribution is 2.30. The molecule has 0 unspecified atom stereocenters. The van der Waals surface area contributed by atoms with Gasteiger partial charge in [0.2, 0.25) is 5.91 Å². The van der Waals surface area contributed by atoms with Crippen LogP contribution in [0.4, 0.5) is 5.69 Å². The minimum absolute atomic E-state index is 0.126. The third kappa shape index (κ3) is 4.89. The van der Waals surface area contributed by atoms with E-state index in [1.165, 1.54) is 11.8 Å². The Balaban J connectivity index is 1.75. The van der Waals surface area contributed by atoms with Crippen molar-refractivity contribution in [2.45, 2.75) is 11.7 Å². The third-order valence-corrected chi connectivity index (χ3v) is 5.54. The van der Waals surface area contributed by atoms with E-state index >= 15 is 0 Å². The zero-order valence-corrected chi connectivity index (χ0v) is 17.6. The van der Waals surface area contributed by atoms with Crippen molar-refractivity contribution in [2.24, 2.45) is 0 Å². The van der Waals surface area contributed by atoms with Gasteiger partial charge in [-0.3, -0.25) is 9.36 Å². The Bertz CT molecular complexity index is 1020. The van der Waals surface area contributed by atoms with Crippen LogP contribution < -0.4 is 5.32 Å². The summed E-state index contributed by atoms with van der Waals surface area (Å²) in [6.45, 7) is 4.26. The number of aromatic nitrogens is 3. The van der Waals surface area contributed by atoms with Crippen molar-refractivity contribution in [1.29, 1.82) is 0 Å². The summed E-state index contributed by atoms with van der Waals surface area (Å²) in [5.41, 5.74) is 1.23. The second-order valence-electron chi connectivity index (χ2n) is 5.65. The van der Waals surface area contributed by atoms with E-state index in [0.717, 1.165) is 5.56 Å². The molecule has 0 saturated heterocycles. The van der Waals surface area contributed by atoms with Crippen LogP contribution in [0.1, 0.15) is 0 Å². The first-order chi connectivity index (χ1) is 13.5. The Morgan fingerprint density at radius 3 is 2.68 bits per heavy atom. The first kappa shape index (κ1) is 20.7. The van der Waals surface area contributed by atoms with Crippen LogP contribution in [-0.2, 0) is 11.3 Å². The number of hydrogen-bond acceptors (Lipinski definition) is 4. The van der Waals surface area contributed by atoms with Crippen molar-refractivity contribution in [1.82, 2.24) is 14.8 Å². The van der Waals surface area contributed by atoms with Crippen molar-refractivity contribution in [3.8, 4) is 11.4 Å². The number of thioether (sulfide) groups is 1. The number of nitrogens with one attached hydrogen (secondary N) is 1. The van der Waals surface area contributed by atoms with Gasteiger partial charge in [0.1, 0.15) is 0 Å². The summed E-state index contributed by atoms with van der Waals surface area (Å²) in [6.07, 6.45) is 1.74. The second-order valence-corrected chi connectivity index (χ2v) is 7.84.